The summed E-state index contributed by atoms with van der Waals surface area (Å²) < 4.78 is -0.276. The molecule has 32 heavy (non-hydrogen) atoms. The van der Waals surface area contributed by atoms with Gasteiger partial charge in [-0.25, -0.2) is 14.8 Å². The lowest BCUT2D eigenvalue weighted by atomic mass is 9.83. The Hall–Kier alpha value is -2.48. The van der Waals surface area contributed by atoms with E-state index in [-0.39, 0.29) is 16.7 Å². The van der Waals surface area contributed by atoms with Crippen LogP contribution in [0.5, 0.6) is 0 Å². The summed E-state index contributed by atoms with van der Waals surface area (Å²) in [5.74, 6) is 0.654. The van der Waals surface area contributed by atoms with Crippen LogP contribution in [0.25, 0.3) is 0 Å². The molecule has 7 nitrogen and oxygen atoms in total. The molecule has 0 atom stereocenters. The third kappa shape index (κ3) is 2.91. The molecule has 8 heteroatoms. The molecule has 1 aromatic heterocycles. The molecule has 0 unspecified atom stereocenters. The summed E-state index contributed by atoms with van der Waals surface area (Å²) >= 11 is 0. The van der Waals surface area contributed by atoms with E-state index in [1.54, 1.807) is 0 Å². The first-order valence-electron chi connectivity index (χ1n) is 11.3. The van der Waals surface area contributed by atoms with E-state index in [9.17, 15) is 9.59 Å². The molecule has 1 saturated carbocycles. The second kappa shape index (κ2) is 7.01. The van der Waals surface area contributed by atoms with Crippen LogP contribution in [0.4, 0.5) is 16.3 Å². The first-order valence-corrected chi connectivity index (χ1v) is 14.2. The maximum Gasteiger partial charge on any atom is 0.325 e. The molecule has 2 aliphatic heterocycles. The van der Waals surface area contributed by atoms with Crippen LogP contribution >= 0.6 is 10.0 Å². The smallest absolute Gasteiger partial charge is 0.309 e. The van der Waals surface area contributed by atoms with Crippen molar-refractivity contribution in [3.8, 4) is 0 Å². The van der Waals surface area contributed by atoms with Gasteiger partial charge in [-0.15, -0.1) is 0 Å². The van der Waals surface area contributed by atoms with Gasteiger partial charge in [-0.2, -0.15) is 5.10 Å². The number of hydrogen-bond acceptors (Lipinski definition) is 3. The lowest BCUT2D eigenvalue weighted by Gasteiger charge is -2.53. The largest absolute Gasteiger partial charge is 0.325 e. The fourth-order valence-electron chi connectivity index (χ4n) is 5.45. The maximum absolute atomic E-state index is 13.6. The van der Waals surface area contributed by atoms with E-state index in [1.165, 1.54) is 5.56 Å². The van der Waals surface area contributed by atoms with E-state index in [2.05, 4.69) is 40.3 Å². The number of benzene rings is 1. The predicted molar refractivity (Wildman–Crippen MR) is 131 cm³/mol. The Balaban J connectivity index is 1.40. The highest BCUT2D eigenvalue weighted by atomic mass is 32.3. The number of rotatable bonds is 3. The predicted octanol–water partition coefficient (Wildman–Crippen LogP) is 4.20. The zero-order chi connectivity index (χ0) is 22.9. The molecule has 2 N–H and O–H groups in total. The van der Waals surface area contributed by atoms with Crippen LogP contribution in [-0.4, -0.2) is 57.1 Å². The number of urea groups is 1. The lowest BCUT2D eigenvalue weighted by molar-refractivity contribution is -0.120. The highest BCUT2D eigenvalue weighted by Crippen LogP contribution is 2.60. The summed E-state index contributed by atoms with van der Waals surface area (Å²) in [6.07, 6.45) is 10.5. The summed E-state index contributed by atoms with van der Waals surface area (Å²) in [6.45, 7) is 5.20. The van der Waals surface area contributed by atoms with Gasteiger partial charge in [0.25, 0.3) is 0 Å². The summed E-state index contributed by atoms with van der Waals surface area (Å²) in [4.78, 5) is 30.7. The number of anilines is 2. The number of nitrogens with zero attached hydrogens (tertiary/aromatic N) is 3. The molecule has 3 heterocycles. The average Bonchev–Trinajstić information content (AvgIpc) is 3.33. The summed E-state index contributed by atoms with van der Waals surface area (Å²) in [5.41, 5.74) is 3.49. The first-order chi connectivity index (χ1) is 15.1. The van der Waals surface area contributed by atoms with Crippen molar-refractivity contribution in [3.05, 3.63) is 41.1 Å². The minimum Gasteiger partial charge on any atom is -0.309 e. The van der Waals surface area contributed by atoms with Crippen LogP contribution in [0.3, 0.4) is 0 Å². The Morgan fingerprint density at radius 2 is 1.88 bits per heavy atom. The first kappa shape index (κ1) is 21.4. The van der Waals surface area contributed by atoms with Crippen LogP contribution in [-0.2, 0) is 23.3 Å². The van der Waals surface area contributed by atoms with Crippen molar-refractivity contribution >= 4 is 33.5 Å². The molecule has 5 rings (SSSR count). The van der Waals surface area contributed by atoms with Gasteiger partial charge in [-0.05, 0) is 69.9 Å². The van der Waals surface area contributed by atoms with Crippen molar-refractivity contribution in [1.82, 2.24) is 15.1 Å². The quantitative estimate of drug-likeness (QED) is 0.728. The van der Waals surface area contributed by atoms with Gasteiger partial charge in [0, 0.05) is 17.8 Å². The topological polar surface area (TPSA) is 81.3 Å². The minimum atomic E-state index is -1.05. The Morgan fingerprint density at radius 3 is 2.53 bits per heavy atom. The van der Waals surface area contributed by atoms with E-state index in [0.717, 1.165) is 42.6 Å². The molecule has 0 radical (unpaired) electrons. The summed E-state index contributed by atoms with van der Waals surface area (Å²) in [5, 5.41) is 10.7. The molecule has 0 saturated heterocycles. The van der Waals surface area contributed by atoms with Crippen LogP contribution in [0.15, 0.2) is 24.3 Å². The Labute approximate surface area is 191 Å². The van der Waals surface area contributed by atoms with E-state index in [1.807, 2.05) is 41.8 Å². The zero-order valence-corrected chi connectivity index (χ0v) is 20.4. The fourth-order valence-corrected chi connectivity index (χ4v) is 7.57. The van der Waals surface area contributed by atoms with Crippen LogP contribution in [0.1, 0.15) is 49.9 Å². The number of amides is 3. The fraction of sp³-hybridized carbons (Fsp3) is 0.542. The van der Waals surface area contributed by atoms with Crippen molar-refractivity contribution in [3.63, 3.8) is 0 Å². The van der Waals surface area contributed by atoms with Gasteiger partial charge >= 0.3 is 6.03 Å². The molecular formula is C24H33N5O2S. The van der Waals surface area contributed by atoms with Crippen LogP contribution in [0.2, 0.25) is 0 Å². The van der Waals surface area contributed by atoms with Gasteiger partial charge in [0.05, 0.1) is 22.5 Å². The number of carbonyl (C=O) groups is 2. The number of hydrogen-bond donors (Lipinski definition) is 2. The Morgan fingerprint density at radius 1 is 1.16 bits per heavy atom. The van der Waals surface area contributed by atoms with Crippen molar-refractivity contribution < 1.29 is 9.59 Å². The Kier molecular flexibility index (Phi) is 4.68. The van der Waals surface area contributed by atoms with Gasteiger partial charge in [-0.1, -0.05) is 18.2 Å². The number of H-pyrrole nitrogens is 1. The summed E-state index contributed by atoms with van der Waals surface area (Å²) in [7, 11) is -1.05. The van der Waals surface area contributed by atoms with E-state index >= 15 is 0 Å². The van der Waals surface area contributed by atoms with Crippen LogP contribution < -0.4 is 10.2 Å². The van der Waals surface area contributed by atoms with Crippen molar-refractivity contribution in [2.75, 3.05) is 35.5 Å². The molecule has 0 bridgehead atoms. The molecule has 2 aromatic rings. The second-order valence-electron chi connectivity index (χ2n) is 10.5. The van der Waals surface area contributed by atoms with Gasteiger partial charge in [0.15, 0.2) is 5.82 Å². The average molecular weight is 456 g/mol. The van der Waals surface area contributed by atoms with Crippen LogP contribution in [0, 0.1) is 0 Å². The molecule has 1 aliphatic carbocycles. The maximum atomic E-state index is 13.6. The van der Waals surface area contributed by atoms with E-state index < -0.39 is 15.6 Å². The van der Waals surface area contributed by atoms with Crippen molar-refractivity contribution in [2.24, 2.45) is 0 Å². The third-order valence-corrected chi connectivity index (χ3v) is 10.7. The molecule has 1 aromatic carbocycles. The van der Waals surface area contributed by atoms with Crippen molar-refractivity contribution in [1.29, 1.82) is 0 Å². The second-order valence-corrected chi connectivity index (χ2v) is 15.0. The number of nitrogens with one attached hydrogen (secondary N) is 2. The minimum absolute atomic E-state index is 0.00331. The third-order valence-electron chi connectivity index (χ3n) is 7.80. The number of carbonyl (C=O) groups excluding carboxylic acids is 2. The Bertz CT molecular complexity index is 1100. The molecule has 0 spiro atoms. The number of fused-ring (bicyclic) bond motifs is 2. The lowest BCUT2D eigenvalue weighted by Crippen LogP contribution is -2.51. The van der Waals surface area contributed by atoms with Gasteiger partial charge < -0.3 is 10.2 Å². The molecule has 3 amide bonds. The molecule has 1 fully saturated rings. The molecule has 172 valence electrons. The normalized spacial score (nSPS) is 21.0. The molecule has 3 aliphatic rings. The monoisotopic (exact) mass is 455 g/mol. The molecular weight excluding hydrogens is 422 g/mol. The summed E-state index contributed by atoms with van der Waals surface area (Å²) in [6, 6.07) is 8.10. The van der Waals surface area contributed by atoms with Crippen molar-refractivity contribution in [2.45, 2.75) is 56.4 Å². The highest BCUT2D eigenvalue weighted by molar-refractivity contribution is 8.33. The number of para-hydroxylation sites is 1. The number of aromatic nitrogens is 2. The van der Waals surface area contributed by atoms with Gasteiger partial charge in [0.1, 0.15) is 0 Å². The highest BCUT2D eigenvalue weighted by Gasteiger charge is 2.51. The zero-order valence-electron chi connectivity index (χ0n) is 19.6. The van der Waals surface area contributed by atoms with E-state index in [4.69, 9.17) is 0 Å². The van der Waals surface area contributed by atoms with Gasteiger partial charge in [0.2, 0.25) is 5.91 Å². The SMILES string of the molecule is CC1(C)c2[nH]nc(NC(=O)C3(S(C)(C)C)CCC3)c2CN1C(=O)N1CCc2ccccc21. The van der Waals surface area contributed by atoms with E-state index in [0.29, 0.717) is 18.9 Å². The van der Waals surface area contributed by atoms with Gasteiger partial charge in [-0.3, -0.25) is 14.8 Å². The number of aromatic amines is 1. The standard InChI is InChI=1S/C24H33N5O2S/c1-23(2)19-17(15-29(23)22(31)28-14-11-16-9-6-7-10-18(16)28)20(27-26-19)25-21(30)24(12-8-13-24)32(3,4)5/h6-7,9-10H,8,11-15H2,1-5H3,(H2,25,26,27,30).